The van der Waals surface area contributed by atoms with Crippen LogP contribution in [0.25, 0.3) is 0 Å². The molecule has 0 unspecified atom stereocenters. The summed E-state index contributed by atoms with van der Waals surface area (Å²) < 4.78 is 0. The second-order valence-electron chi connectivity index (χ2n) is 6.42. The lowest BCUT2D eigenvalue weighted by Crippen LogP contribution is -2.56. The SMILES string of the molecule is C[C@H](N)C(=O)N[C@@H](CCC(=O)O)C(=O)N[C@@H](C)C(=O)N[C@@H](CCC(N)=O)C(=O)O. The molecule has 0 aromatic rings. The fraction of sp³-hybridized carbons (Fsp3) is 0.625. The number of carbonyl (C=O) groups excluding carboxylic acids is 4. The minimum absolute atomic E-state index is 0.233. The van der Waals surface area contributed by atoms with Crippen molar-refractivity contribution < 1.29 is 39.0 Å². The standard InChI is InChI=1S/C16H27N5O8/c1-7(17)13(25)20-9(4-6-12(23)24)15(27)19-8(2)14(26)21-10(16(28)29)3-5-11(18)22/h7-10H,3-6,17H2,1-2H3,(H2,18,22)(H,19,27)(H,20,25)(H,21,26)(H,23,24)(H,28,29)/t7-,8-,9-,10-/m0/s1. The van der Waals surface area contributed by atoms with Crippen molar-refractivity contribution in [1.29, 1.82) is 0 Å². The van der Waals surface area contributed by atoms with Gasteiger partial charge in [0.15, 0.2) is 0 Å². The van der Waals surface area contributed by atoms with E-state index in [9.17, 15) is 28.8 Å². The van der Waals surface area contributed by atoms with Crippen molar-refractivity contribution in [1.82, 2.24) is 16.0 Å². The van der Waals surface area contributed by atoms with Gasteiger partial charge in [0.1, 0.15) is 18.1 Å². The maximum Gasteiger partial charge on any atom is 0.326 e. The molecular formula is C16H27N5O8. The van der Waals surface area contributed by atoms with Gasteiger partial charge in [0.05, 0.1) is 6.04 Å². The van der Waals surface area contributed by atoms with Gasteiger partial charge in [-0.25, -0.2) is 4.79 Å². The van der Waals surface area contributed by atoms with Gasteiger partial charge in [0, 0.05) is 12.8 Å². The number of hydrogen-bond donors (Lipinski definition) is 7. The first-order chi connectivity index (χ1) is 13.3. The molecule has 0 spiro atoms. The van der Waals surface area contributed by atoms with Gasteiger partial charge >= 0.3 is 11.9 Å². The topological polar surface area (TPSA) is 231 Å². The molecule has 0 aliphatic heterocycles. The molecule has 0 saturated heterocycles. The van der Waals surface area contributed by atoms with Crippen molar-refractivity contribution in [2.24, 2.45) is 11.5 Å². The number of primary amides is 1. The first-order valence-electron chi connectivity index (χ1n) is 8.74. The molecule has 4 amide bonds. The molecule has 0 aromatic carbocycles. The zero-order valence-corrected chi connectivity index (χ0v) is 16.1. The smallest absolute Gasteiger partial charge is 0.326 e. The first-order valence-corrected chi connectivity index (χ1v) is 8.74. The van der Waals surface area contributed by atoms with E-state index in [1.54, 1.807) is 0 Å². The molecule has 9 N–H and O–H groups in total. The van der Waals surface area contributed by atoms with Crippen LogP contribution < -0.4 is 27.4 Å². The normalized spacial score (nSPS) is 14.6. The number of rotatable bonds is 13. The summed E-state index contributed by atoms with van der Waals surface area (Å²) in [6.45, 7) is 2.64. The highest BCUT2D eigenvalue weighted by molar-refractivity contribution is 5.94. The van der Waals surface area contributed by atoms with Crippen LogP contribution in [0.2, 0.25) is 0 Å². The molecule has 13 heteroatoms. The van der Waals surface area contributed by atoms with Gasteiger partial charge in [-0.15, -0.1) is 0 Å². The van der Waals surface area contributed by atoms with Gasteiger partial charge in [0.2, 0.25) is 23.6 Å². The summed E-state index contributed by atoms with van der Waals surface area (Å²) in [4.78, 5) is 68.9. The average molecular weight is 417 g/mol. The Hall–Kier alpha value is -3.22. The van der Waals surface area contributed by atoms with E-state index in [2.05, 4.69) is 16.0 Å². The van der Waals surface area contributed by atoms with Crippen LogP contribution in [0.5, 0.6) is 0 Å². The van der Waals surface area contributed by atoms with E-state index in [0.29, 0.717) is 0 Å². The van der Waals surface area contributed by atoms with Crippen molar-refractivity contribution in [3.8, 4) is 0 Å². The van der Waals surface area contributed by atoms with Gasteiger partial charge in [-0.1, -0.05) is 0 Å². The number of amides is 4. The molecule has 0 aromatic heterocycles. The fourth-order valence-electron chi connectivity index (χ4n) is 2.06. The molecule has 0 saturated carbocycles. The Morgan fingerprint density at radius 1 is 0.793 bits per heavy atom. The number of nitrogens with two attached hydrogens (primary N) is 2. The molecule has 4 atom stereocenters. The summed E-state index contributed by atoms with van der Waals surface area (Å²) in [6, 6.07) is -4.81. The van der Waals surface area contributed by atoms with Crippen LogP contribution in [0.1, 0.15) is 39.5 Å². The lowest BCUT2D eigenvalue weighted by Gasteiger charge is -2.22. The van der Waals surface area contributed by atoms with E-state index in [0.717, 1.165) is 0 Å². The van der Waals surface area contributed by atoms with Crippen molar-refractivity contribution in [2.75, 3.05) is 0 Å². The molecule has 0 aliphatic carbocycles. The fourth-order valence-corrected chi connectivity index (χ4v) is 2.06. The number of nitrogens with one attached hydrogen (secondary N) is 3. The largest absolute Gasteiger partial charge is 0.481 e. The van der Waals surface area contributed by atoms with Crippen molar-refractivity contribution in [3.05, 3.63) is 0 Å². The molecule has 0 aliphatic rings. The van der Waals surface area contributed by atoms with E-state index in [-0.39, 0.29) is 19.3 Å². The predicted molar refractivity (Wildman–Crippen MR) is 98.0 cm³/mol. The minimum Gasteiger partial charge on any atom is -0.481 e. The quantitative estimate of drug-likeness (QED) is 0.162. The van der Waals surface area contributed by atoms with Crippen molar-refractivity contribution in [3.63, 3.8) is 0 Å². The zero-order valence-electron chi connectivity index (χ0n) is 16.1. The number of carbonyl (C=O) groups is 6. The molecule has 0 bridgehead atoms. The monoisotopic (exact) mass is 417 g/mol. The maximum atomic E-state index is 12.3. The Morgan fingerprint density at radius 3 is 1.76 bits per heavy atom. The van der Waals surface area contributed by atoms with Crippen LogP contribution in [0, 0.1) is 0 Å². The summed E-state index contributed by atoms with van der Waals surface area (Å²) in [5.74, 6) is -5.70. The third-order valence-corrected chi connectivity index (χ3v) is 3.74. The lowest BCUT2D eigenvalue weighted by atomic mass is 10.1. The minimum atomic E-state index is -1.39. The van der Waals surface area contributed by atoms with Crippen molar-refractivity contribution in [2.45, 2.75) is 63.7 Å². The second-order valence-corrected chi connectivity index (χ2v) is 6.42. The molecule has 13 nitrogen and oxygen atoms in total. The van der Waals surface area contributed by atoms with Crippen LogP contribution in [0.15, 0.2) is 0 Å². The second kappa shape index (κ2) is 12.3. The molecular weight excluding hydrogens is 390 g/mol. The molecule has 0 rings (SSSR count). The van der Waals surface area contributed by atoms with Crippen LogP contribution in [0.4, 0.5) is 0 Å². The Morgan fingerprint density at radius 2 is 1.31 bits per heavy atom. The summed E-state index contributed by atoms with van der Waals surface area (Å²) in [5, 5.41) is 24.6. The van der Waals surface area contributed by atoms with E-state index in [1.165, 1.54) is 13.8 Å². The van der Waals surface area contributed by atoms with Crippen molar-refractivity contribution >= 4 is 35.6 Å². The number of aliphatic carboxylic acids is 2. The van der Waals surface area contributed by atoms with E-state index < -0.39 is 66.2 Å². The summed E-state index contributed by atoms with van der Waals surface area (Å²) in [5.41, 5.74) is 10.4. The van der Waals surface area contributed by atoms with Gasteiger partial charge in [-0.2, -0.15) is 0 Å². The van der Waals surface area contributed by atoms with Gasteiger partial charge in [-0.05, 0) is 26.7 Å². The lowest BCUT2D eigenvalue weighted by molar-refractivity contribution is -0.142. The van der Waals surface area contributed by atoms with Crippen LogP contribution in [-0.2, 0) is 28.8 Å². The van der Waals surface area contributed by atoms with Gasteiger partial charge in [0.25, 0.3) is 0 Å². The first kappa shape index (κ1) is 25.8. The van der Waals surface area contributed by atoms with Crippen LogP contribution >= 0.6 is 0 Å². The molecule has 0 radical (unpaired) electrons. The highest BCUT2D eigenvalue weighted by Gasteiger charge is 2.28. The predicted octanol–water partition coefficient (Wildman–Crippen LogP) is -2.98. The van der Waals surface area contributed by atoms with Gasteiger partial charge in [-0.3, -0.25) is 24.0 Å². The summed E-state index contributed by atoms with van der Waals surface area (Å²) in [6.07, 6.45) is -1.17. The molecule has 164 valence electrons. The van der Waals surface area contributed by atoms with Gasteiger partial charge < -0.3 is 37.6 Å². The zero-order chi connectivity index (χ0) is 22.7. The molecule has 29 heavy (non-hydrogen) atoms. The highest BCUT2D eigenvalue weighted by Crippen LogP contribution is 2.02. The summed E-state index contributed by atoms with van der Waals surface area (Å²) >= 11 is 0. The Balaban J connectivity index is 5.00. The number of carboxylic acid groups (broad SMARTS) is 2. The summed E-state index contributed by atoms with van der Waals surface area (Å²) in [7, 11) is 0. The molecule has 0 fully saturated rings. The highest BCUT2D eigenvalue weighted by atomic mass is 16.4. The van der Waals surface area contributed by atoms with Crippen LogP contribution in [-0.4, -0.2) is 69.9 Å². The number of hydrogen-bond acceptors (Lipinski definition) is 7. The van der Waals surface area contributed by atoms with E-state index in [4.69, 9.17) is 21.7 Å². The molecule has 0 heterocycles. The Labute approximate surface area is 166 Å². The third kappa shape index (κ3) is 10.6. The van der Waals surface area contributed by atoms with E-state index >= 15 is 0 Å². The Kier molecular flexibility index (Phi) is 10.9. The van der Waals surface area contributed by atoms with E-state index in [1.807, 2.05) is 0 Å². The van der Waals surface area contributed by atoms with Crippen LogP contribution in [0.3, 0.4) is 0 Å². The third-order valence-electron chi connectivity index (χ3n) is 3.74. The Bertz CT molecular complexity index is 651. The average Bonchev–Trinajstić information content (AvgIpc) is 2.60. The maximum absolute atomic E-state index is 12.3. The number of carboxylic acids is 2.